The van der Waals surface area contributed by atoms with Crippen molar-refractivity contribution >= 4 is 28.9 Å². The molecule has 1 aromatic carbocycles. The molecule has 8 heteroatoms. The normalized spacial score (nSPS) is 20.4. The first-order chi connectivity index (χ1) is 12.9. The summed E-state index contributed by atoms with van der Waals surface area (Å²) in [5, 5.41) is 24.8. The maximum absolute atomic E-state index is 12.2. The number of para-hydroxylation sites is 1. The minimum absolute atomic E-state index is 0.0863. The molecule has 0 spiro atoms. The maximum Gasteiger partial charge on any atom is 0.337 e. The summed E-state index contributed by atoms with van der Waals surface area (Å²) < 4.78 is 0. The van der Waals surface area contributed by atoms with Crippen molar-refractivity contribution in [3.05, 3.63) is 45.9 Å². The number of likely N-dealkylation sites (tertiary alicyclic amines) is 1. The summed E-state index contributed by atoms with van der Waals surface area (Å²) in [7, 11) is 0. The van der Waals surface area contributed by atoms with Crippen LogP contribution in [0.25, 0.3) is 0 Å². The lowest BCUT2D eigenvalue weighted by Crippen LogP contribution is -2.52. The molecule has 1 saturated heterocycles. The van der Waals surface area contributed by atoms with Crippen LogP contribution < -0.4 is 5.32 Å². The van der Waals surface area contributed by atoms with Crippen LogP contribution in [0.5, 0.6) is 0 Å². The van der Waals surface area contributed by atoms with Gasteiger partial charge >= 0.3 is 5.97 Å². The molecule has 2 aromatic rings. The van der Waals surface area contributed by atoms with Crippen molar-refractivity contribution in [3.8, 4) is 0 Å². The number of anilines is 1. The molecule has 7 nitrogen and oxygen atoms in total. The Morgan fingerprint density at radius 3 is 2.89 bits per heavy atom. The second-order valence-electron chi connectivity index (χ2n) is 6.92. The number of carboxylic acids is 1. The fourth-order valence-corrected chi connectivity index (χ4v) is 3.99. The van der Waals surface area contributed by atoms with Gasteiger partial charge in [-0.2, -0.15) is 0 Å². The summed E-state index contributed by atoms with van der Waals surface area (Å²) in [5.41, 5.74) is 0.889. The van der Waals surface area contributed by atoms with E-state index in [1.165, 1.54) is 11.3 Å². The van der Waals surface area contributed by atoms with Gasteiger partial charge in [0.25, 0.3) is 0 Å². The van der Waals surface area contributed by atoms with E-state index in [-0.39, 0.29) is 25.3 Å². The van der Waals surface area contributed by atoms with Crippen molar-refractivity contribution in [1.29, 1.82) is 0 Å². The van der Waals surface area contributed by atoms with E-state index in [9.17, 15) is 19.8 Å². The molecule has 0 radical (unpaired) electrons. The van der Waals surface area contributed by atoms with Crippen molar-refractivity contribution in [1.82, 2.24) is 9.88 Å². The summed E-state index contributed by atoms with van der Waals surface area (Å²) in [6, 6.07) is 7.60. The number of hydrogen-bond acceptors (Lipinski definition) is 6. The van der Waals surface area contributed by atoms with Gasteiger partial charge in [0.15, 0.2) is 5.60 Å². The molecular formula is C19H23N3O4S. The molecule has 1 amide bonds. The topological polar surface area (TPSA) is 103 Å². The van der Waals surface area contributed by atoms with Gasteiger partial charge in [-0.15, -0.1) is 11.3 Å². The highest BCUT2D eigenvalue weighted by Gasteiger charge is 2.40. The number of aliphatic hydroxyl groups is 1. The second-order valence-corrected chi connectivity index (χ2v) is 7.87. The number of amides is 1. The lowest BCUT2D eigenvalue weighted by molar-refractivity contribution is -0.164. The molecule has 1 fully saturated rings. The molecule has 2 heterocycles. The van der Waals surface area contributed by atoms with Crippen molar-refractivity contribution in [3.63, 3.8) is 0 Å². The summed E-state index contributed by atoms with van der Waals surface area (Å²) in [6.07, 6.45) is 1.08. The summed E-state index contributed by atoms with van der Waals surface area (Å²) >= 11 is 1.41. The molecule has 0 aliphatic carbocycles. The SMILES string of the molecule is Cc1ccccc1NC(=O)Cc1nc(CN2CCCC(O)(C(=O)O)C2)cs1. The quantitative estimate of drug-likeness (QED) is 0.699. The zero-order valence-corrected chi connectivity index (χ0v) is 16.0. The number of aliphatic carboxylic acids is 1. The standard InChI is InChI=1S/C19H23N3O4S/c1-13-5-2-3-6-15(13)21-16(23)9-17-20-14(11-27-17)10-22-8-4-7-19(26,12-22)18(24)25/h2-3,5-6,11,26H,4,7-10,12H2,1H3,(H,21,23)(H,24,25). The third kappa shape index (κ3) is 4.91. The monoisotopic (exact) mass is 389 g/mol. The molecular weight excluding hydrogens is 366 g/mol. The van der Waals surface area contributed by atoms with E-state index >= 15 is 0 Å². The van der Waals surface area contributed by atoms with Gasteiger partial charge in [0.1, 0.15) is 5.01 Å². The van der Waals surface area contributed by atoms with Gasteiger partial charge < -0.3 is 15.5 Å². The van der Waals surface area contributed by atoms with Gasteiger partial charge in [-0.05, 0) is 37.9 Å². The van der Waals surface area contributed by atoms with Crippen LogP contribution in [-0.4, -0.2) is 50.7 Å². The summed E-state index contributed by atoms with van der Waals surface area (Å²) in [6.45, 7) is 3.21. The second kappa shape index (κ2) is 8.16. The fourth-order valence-electron chi connectivity index (χ4n) is 3.21. The molecule has 1 aliphatic heterocycles. The van der Waals surface area contributed by atoms with E-state index in [2.05, 4.69) is 10.3 Å². The first kappa shape index (κ1) is 19.5. The number of hydrogen-bond donors (Lipinski definition) is 3. The van der Waals surface area contributed by atoms with Crippen molar-refractivity contribution in [2.75, 3.05) is 18.4 Å². The third-order valence-electron chi connectivity index (χ3n) is 4.66. The van der Waals surface area contributed by atoms with Crippen molar-refractivity contribution in [2.24, 2.45) is 0 Å². The summed E-state index contributed by atoms with van der Waals surface area (Å²) in [4.78, 5) is 29.9. The van der Waals surface area contributed by atoms with Crippen LogP contribution in [0.2, 0.25) is 0 Å². The Hall–Kier alpha value is -2.29. The Labute approximate surface area is 161 Å². The predicted octanol–water partition coefficient (Wildman–Crippen LogP) is 2.04. The predicted molar refractivity (Wildman–Crippen MR) is 103 cm³/mol. The van der Waals surface area contributed by atoms with Gasteiger partial charge in [0.2, 0.25) is 5.91 Å². The number of aromatic nitrogens is 1. The van der Waals surface area contributed by atoms with Gasteiger partial charge in [0, 0.05) is 24.2 Å². The number of aryl methyl sites for hydroxylation is 1. The fraction of sp³-hybridized carbons (Fsp3) is 0.421. The molecule has 0 saturated carbocycles. The number of carbonyl (C=O) groups excluding carboxylic acids is 1. The Bertz CT molecular complexity index is 838. The van der Waals surface area contributed by atoms with Crippen LogP contribution in [0.3, 0.4) is 0 Å². The molecule has 3 N–H and O–H groups in total. The number of piperidine rings is 1. The number of carbonyl (C=O) groups is 2. The highest BCUT2D eigenvalue weighted by atomic mass is 32.1. The van der Waals surface area contributed by atoms with E-state index in [0.29, 0.717) is 18.0 Å². The van der Waals surface area contributed by atoms with Gasteiger partial charge in [-0.25, -0.2) is 9.78 Å². The Morgan fingerprint density at radius 1 is 1.37 bits per heavy atom. The van der Waals surface area contributed by atoms with Crippen LogP contribution >= 0.6 is 11.3 Å². The molecule has 27 heavy (non-hydrogen) atoms. The minimum Gasteiger partial charge on any atom is -0.479 e. The average molecular weight is 389 g/mol. The van der Waals surface area contributed by atoms with Crippen LogP contribution in [0, 0.1) is 6.92 Å². The zero-order valence-electron chi connectivity index (χ0n) is 15.1. The van der Waals surface area contributed by atoms with E-state index in [4.69, 9.17) is 0 Å². The van der Waals surface area contributed by atoms with E-state index < -0.39 is 11.6 Å². The first-order valence-corrected chi connectivity index (χ1v) is 9.70. The third-order valence-corrected chi connectivity index (χ3v) is 5.56. The minimum atomic E-state index is -1.69. The Kier molecular flexibility index (Phi) is 5.88. The van der Waals surface area contributed by atoms with Gasteiger partial charge in [0.05, 0.1) is 12.1 Å². The number of benzene rings is 1. The van der Waals surface area contributed by atoms with Crippen LogP contribution in [0.15, 0.2) is 29.6 Å². The number of β-amino-alcohol motifs (C(OH)–C–C–N with tert-alkyl or cyclic N) is 1. The maximum atomic E-state index is 12.2. The lowest BCUT2D eigenvalue weighted by atomic mass is 9.93. The lowest BCUT2D eigenvalue weighted by Gasteiger charge is -2.35. The van der Waals surface area contributed by atoms with Crippen molar-refractivity contribution < 1.29 is 19.8 Å². The average Bonchev–Trinajstić information content (AvgIpc) is 3.03. The van der Waals surface area contributed by atoms with E-state index in [1.54, 1.807) is 0 Å². The molecule has 0 bridgehead atoms. The summed E-state index contributed by atoms with van der Waals surface area (Å²) in [5.74, 6) is -1.30. The number of nitrogens with zero attached hydrogens (tertiary/aromatic N) is 2. The molecule has 1 aromatic heterocycles. The number of nitrogens with one attached hydrogen (secondary N) is 1. The molecule has 1 aliphatic rings. The Morgan fingerprint density at radius 2 is 2.15 bits per heavy atom. The number of carboxylic acid groups (broad SMARTS) is 1. The number of rotatable bonds is 6. The largest absolute Gasteiger partial charge is 0.479 e. The van der Waals surface area contributed by atoms with E-state index in [1.807, 2.05) is 41.5 Å². The Balaban J connectivity index is 1.56. The molecule has 144 valence electrons. The number of thiazole rings is 1. The molecule has 1 unspecified atom stereocenters. The zero-order chi connectivity index (χ0) is 19.4. The van der Waals surface area contributed by atoms with E-state index in [0.717, 1.165) is 23.5 Å². The highest BCUT2D eigenvalue weighted by molar-refractivity contribution is 7.09. The van der Waals surface area contributed by atoms with Gasteiger partial charge in [-0.1, -0.05) is 18.2 Å². The first-order valence-electron chi connectivity index (χ1n) is 8.82. The van der Waals surface area contributed by atoms with Crippen molar-refractivity contribution in [2.45, 2.75) is 38.3 Å². The molecule has 3 rings (SSSR count). The van der Waals surface area contributed by atoms with Gasteiger partial charge in [-0.3, -0.25) is 9.69 Å². The highest BCUT2D eigenvalue weighted by Crippen LogP contribution is 2.23. The molecule has 1 atom stereocenters. The van der Waals surface area contributed by atoms with Crippen LogP contribution in [0.1, 0.15) is 29.1 Å². The van der Waals surface area contributed by atoms with Crippen LogP contribution in [-0.2, 0) is 22.6 Å². The van der Waals surface area contributed by atoms with Crippen LogP contribution in [0.4, 0.5) is 5.69 Å². The smallest absolute Gasteiger partial charge is 0.337 e.